The van der Waals surface area contributed by atoms with E-state index >= 15 is 0 Å². The van der Waals surface area contributed by atoms with Crippen LogP contribution in [-0.2, 0) is 0 Å². The number of aliphatic hydroxyl groups is 1. The number of nitrogens with zero attached hydrogens (tertiary/aromatic N) is 3. The highest BCUT2D eigenvalue weighted by Crippen LogP contribution is 2.18. The van der Waals surface area contributed by atoms with Crippen LogP contribution in [0.1, 0.15) is 32.2 Å². The predicted octanol–water partition coefficient (Wildman–Crippen LogP) is 1.19. The number of nitrogens with one attached hydrogen (secondary N) is 1. The third-order valence-electron chi connectivity index (χ3n) is 2.50. The second-order valence-electron chi connectivity index (χ2n) is 4.16. The summed E-state index contributed by atoms with van der Waals surface area (Å²) in [6.07, 6.45) is -1.56. The van der Waals surface area contributed by atoms with Crippen molar-refractivity contribution in [2.75, 3.05) is 31.1 Å². The molecule has 0 spiro atoms. The fourth-order valence-corrected chi connectivity index (χ4v) is 1.53. The van der Waals surface area contributed by atoms with Crippen LogP contribution in [0, 0.1) is 0 Å². The first kappa shape index (κ1) is 15.8. The molecule has 1 rings (SSSR count). The van der Waals surface area contributed by atoms with Crippen LogP contribution in [0.25, 0.3) is 0 Å². The molecule has 110 valence electrons. The normalized spacial score (nSPS) is 12.9. The number of anilines is 1. The molecule has 0 aliphatic carbocycles. The lowest BCUT2D eigenvalue weighted by Gasteiger charge is -2.18. The van der Waals surface area contributed by atoms with Crippen molar-refractivity contribution in [3.05, 3.63) is 5.89 Å². The minimum absolute atomic E-state index is 0.00879. The maximum absolute atomic E-state index is 12.4. The number of rotatable bonds is 9. The largest absolute Gasteiger partial charge is 0.406 e. The van der Waals surface area contributed by atoms with Crippen LogP contribution in [0.3, 0.4) is 0 Å². The Hall–Kier alpha value is -1.28. The van der Waals surface area contributed by atoms with Gasteiger partial charge in [0, 0.05) is 6.54 Å². The zero-order chi connectivity index (χ0) is 14.3. The van der Waals surface area contributed by atoms with Gasteiger partial charge in [-0.2, -0.15) is 0 Å². The molecule has 0 bridgehead atoms. The van der Waals surface area contributed by atoms with Crippen molar-refractivity contribution in [2.24, 2.45) is 0 Å². The standard InChI is InChI=1S/C11H20F2N4O2/c1-3-4-14-8(2)10-15-16-11(19-10)17(5-6-18)7-9(12)13/h8-9,14,18H,3-7H2,1-2H3. The van der Waals surface area contributed by atoms with Crippen molar-refractivity contribution >= 4 is 6.01 Å². The molecule has 0 fully saturated rings. The second-order valence-corrected chi connectivity index (χ2v) is 4.16. The van der Waals surface area contributed by atoms with E-state index < -0.39 is 13.0 Å². The number of aliphatic hydroxyl groups excluding tert-OH is 1. The van der Waals surface area contributed by atoms with Gasteiger partial charge in [0.1, 0.15) is 0 Å². The molecule has 0 saturated heterocycles. The Labute approximate surface area is 110 Å². The number of hydrogen-bond acceptors (Lipinski definition) is 6. The van der Waals surface area contributed by atoms with Crippen molar-refractivity contribution in [1.82, 2.24) is 15.5 Å². The highest BCUT2D eigenvalue weighted by molar-refractivity contribution is 5.24. The van der Waals surface area contributed by atoms with Gasteiger partial charge in [0.2, 0.25) is 5.89 Å². The SMILES string of the molecule is CCCNC(C)c1nnc(N(CCO)CC(F)F)o1. The van der Waals surface area contributed by atoms with E-state index in [2.05, 4.69) is 15.5 Å². The summed E-state index contributed by atoms with van der Waals surface area (Å²) in [7, 11) is 0. The summed E-state index contributed by atoms with van der Waals surface area (Å²) in [5.74, 6) is 0.348. The van der Waals surface area contributed by atoms with E-state index in [1.54, 1.807) is 0 Å². The first-order valence-electron chi connectivity index (χ1n) is 6.29. The fourth-order valence-electron chi connectivity index (χ4n) is 1.53. The molecule has 8 heteroatoms. The van der Waals surface area contributed by atoms with Gasteiger partial charge in [-0.25, -0.2) is 8.78 Å². The smallest absolute Gasteiger partial charge is 0.318 e. The molecule has 0 aliphatic rings. The monoisotopic (exact) mass is 278 g/mol. The highest BCUT2D eigenvalue weighted by atomic mass is 19.3. The summed E-state index contributed by atoms with van der Waals surface area (Å²) in [6.45, 7) is 3.92. The van der Waals surface area contributed by atoms with E-state index in [4.69, 9.17) is 9.52 Å². The van der Waals surface area contributed by atoms with Crippen LogP contribution in [0.15, 0.2) is 4.42 Å². The van der Waals surface area contributed by atoms with E-state index in [0.717, 1.165) is 13.0 Å². The van der Waals surface area contributed by atoms with Gasteiger partial charge in [0.15, 0.2) is 0 Å². The summed E-state index contributed by atoms with van der Waals surface area (Å²) in [6, 6.07) is -0.127. The molecule has 0 saturated carbocycles. The zero-order valence-electron chi connectivity index (χ0n) is 11.1. The molecule has 0 aromatic carbocycles. The minimum Gasteiger partial charge on any atom is -0.406 e. The van der Waals surface area contributed by atoms with E-state index in [1.807, 2.05) is 13.8 Å². The van der Waals surface area contributed by atoms with Crippen molar-refractivity contribution in [3.63, 3.8) is 0 Å². The quantitative estimate of drug-likeness (QED) is 0.707. The van der Waals surface area contributed by atoms with Crippen molar-refractivity contribution in [3.8, 4) is 0 Å². The molecule has 0 aliphatic heterocycles. The summed E-state index contributed by atoms with van der Waals surface area (Å²) < 4.78 is 30.2. The van der Waals surface area contributed by atoms with Crippen LogP contribution >= 0.6 is 0 Å². The Bertz CT molecular complexity index is 362. The van der Waals surface area contributed by atoms with Crippen LogP contribution in [-0.4, -0.2) is 48.0 Å². The van der Waals surface area contributed by atoms with E-state index in [1.165, 1.54) is 4.90 Å². The van der Waals surface area contributed by atoms with Crippen LogP contribution in [0.2, 0.25) is 0 Å². The van der Waals surface area contributed by atoms with Gasteiger partial charge in [0.05, 0.1) is 19.2 Å². The second kappa shape index (κ2) is 8.00. The molecule has 0 radical (unpaired) electrons. The number of halogens is 2. The molecule has 0 amide bonds. The van der Waals surface area contributed by atoms with E-state index in [0.29, 0.717) is 5.89 Å². The molecule has 1 aromatic heterocycles. The lowest BCUT2D eigenvalue weighted by atomic mass is 10.3. The van der Waals surface area contributed by atoms with Gasteiger partial charge in [0.25, 0.3) is 6.43 Å². The molecule has 1 heterocycles. The molecule has 1 unspecified atom stereocenters. The van der Waals surface area contributed by atoms with Gasteiger partial charge >= 0.3 is 6.01 Å². The lowest BCUT2D eigenvalue weighted by molar-refractivity contribution is 0.150. The molecular weight excluding hydrogens is 258 g/mol. The summed E-state index contributed by atoms with van der Waals surface area (Å²) in [5, 5.41) is 19.6. The summed E-state index contributed by atoms with van der Waals surface area (Å²) in [5.41, 5.74) is 0. The van der Waals surface area contributed by atoms with Crippen LogP contribution in [0.4, 0.5) is 14.8 Å². The maximum atomic E-state index is 12.4. The molecular formula is C11H20F2N4O2. The number of aromatic nitrogens is 2. The summed E-state index contributed by atoms with van der Waals surface area (Å²) in [4.78, 5) is 1.17. The van der Waals surface area contributed by atoms with Gasteiger partial charge in [-0.1, -0.05) is 12.0 Å². The maximum Gasteiger partial charge on any atom is 0.318 e. The average molecular weight is 278 g/mol. The molecule has 1 atom stereocenters. The van der Waals surface area contributed by atoms with Crippen LogP contribution < -0.4 is 10.2 Å². The molecule has 6 nitrogen and oxygen atoms in total. The Kier molecular flexibility index (Phi) is 6.65. The third kappa shape index (κ3) is 5.07. The minimum atomic E-state index is -2.53. The topological polar surface area (TPSA) is 74.4 Å². The van der Waals surface area contributed by atoms with E-state index in [9.17, 15) is 8.78 Å². The Morgan fingerprint density at radius 1 is 1.42 bits per heavy atom. The number of hydrogen-bond donors (Lipinski definition) is 2. The van der Waals surface area contributed by atoms with Gasteiger partial charge in [-0.05, 0) is 19.9 Å². The Morgan fingerprint density at radius 2 is 2.16 bits per heavy atom. The predicted molar refractivity (Wildman–Crippen MR) is 66.3 cm³/mol. The van der Waals surface area contributed by atoms with Crippen molar-refractivity contribution < 1.29 is 18.3 Å². The van der Waals surface area contributed by atoms with Gasteiger partial charge in [-0.15, -0.1) is 5.10 Å². The van der Waals surface area contributed by atoms with Gasteiger partial charge < -0.3 is 19.7 Å². The Morgan fingerprint density at radius 3 is 2.74 bits per heavy atom. The molecule has 19 heavy (non-hydrogen) atoms. The number of alkyl halides is 2. The molecule has 2 N–H and O–H groups in total. The van der Waals surface area contributed by atoms with Crippen molar-refractivity contribution in [1.29, 1.82) is 0 Å². The first-order chi connectivity index (χ1) is 9.08. The van der Waals surface area contributed by atoms with Crippen molar-refractivity contribution in [2.45, 2.75) is 32.7 Å². The average Bonchev–Trinajstić information content (AvgIpc) is 2.84. The van der Waals surface area contributed by atoms with Crippen LogP contribution in [0.5, 0.6) is 0 Å². The zero-order valence-corrected chi connectivity index (χ0v) is 11.1. The highest BCUT2D eigenvalue weighted by Gasteiger charge is 2.20. The van der Waals surface area contributed by atoms with E-state index in [-0.39, 0.29) is 25.2 Å². The fraction of sp³-hybridized carbons (Fsp3) is 0.818. The Balaban J connectivity index is 2.68. The third-order valence-corrected chi connectivity index (χ3v) is 2.50. The first-order valence-corrected chi connectivity index (χ1v) is 6.29. The van der Waals surface area contributed by atoms with Gasteiger partial charge in [-0.3, -0.25) is 0 Å². The lowest BCUT2D eigenvalue weighted by Crippen LogP contribution is -2.31. The summed E-state index contributed by atoms with van der Waals surface area (Å²) >= 11 is 0. The molecule has 1 aromatic rings.